The van der Waals surface area contributed by atoms with Crippen LogP contribution < -0.4 is 5.32 Å². The fourth-order valence-corrected chi connectivity index (χ4v) is 1.58. The van der Waals surface area contributed by atoms with Crippen LogP contribution in [0.4, 0.5) is 20.2 Å². The Morgan fingerprint density at radius 2 is 2.11 bits per heavy atom. The molecule has 1 aliphatic rings. The van der Waals surface area contributed by atoms with Gasteiger partial charge in [-0.15, -0.1) is 0 Å². The molecule has 0 amide bonds. The van der Waals surface area contributed by atoms with Gasteiger partial charge in [-0.05, 0) is 12.8 Å². The highest BCUT2D eigenvalue weighted by Crippen LogP contribution is 2.35. The van der Waals surface area contributed by atoms with E-state index in [2.05, 4.69) is 10.1 Å². The number of carbonyl (C=O) groups excluding carboxylic acids is 1. The molecule has 0 atom stereocenters. The molecule has 0 bridgehead atoms. The molecule has 1 aromatic carbocycles. The first kappa shape index (κ1) is 13.2. The zero-order valence-electron chi connectivity index (χ0n) is 9.91. The first-order valence-corrected chi connectivity index (χ1v) is 5.47. The van der Waals surface area contributed by atoms with Crippen LogP contribution in [0, 0.1) is 21.7 Å². The number of nitrogens with zero attached hydrogens (tertiary/aromatic N) is 1. The number of ether oxygens (including phenoxy) is 1. The number of carbonyl (C=O) groups is 1. The number of methoxy groups -OCH3 is 1. The van der Waals surface area contributed by atoms with Crippen LogP contribution in [0.3, 0.4) is 0 Å². The molecule has 1 fully saturated rings. The average Bonchev–Trinajstić information content (AvgIpc) is 3.18. The summed E-state index contributed by atoms with van der Waals surface area (Å²) in [6.07, 6.45) is 1.47. The predicted molar refractivity (Wildman–Crippen MR) is 61.0 cm³/mol. The van der Waals surface area contributed by atoms with Crippen LogP contribution in [-0.4, -0.2) is 24.0 Å². The number of halogens is 2. The molecule has 1 N–H and O–H groups in total. The number of benzene rings is 1. The normalized spacial score (nSPS) is 14.1. The Morgan fingerprint density at radius 3 is 2.58 bits per heavy atom. The van der Waals surface area contributed by atoms with Gasteiger partial charge in [0.1, 0.15) is 5.56 Å². The van der Waals surface area contributed by atoms with Crippen LogP contribution in [-0.2, 0) is 4.74 Å². The molecule has 19 heavy (non-hydrogen) atoms. The summed E-state index contributed by atoms with van der Waals surface area (Å²) in [6.45, 7) is 0. The lowest BCUT2D eigenvalue weighted by atomic mass is 10.1. The fraction of sp³-hybridized carbons (Fsp3) is 0.364. The van der Waals surface area contributed by atoms with Gasteiger partial charge in [0.2, 0.25) is 0 Å². The van der Waals surface area contributed by atoms with E-state index in [0.717, 1.165) is 20.0 Å². The number of hydrogen-bond acceptors (Lipinski definition) is 5. The van der Waals surface area contributed by atoms with Gasteiger partial charge in [-0.25, -0.2) is 13.6 Å². The molecule has 2 rings (SSSR count). The number of anilines is 1. The monoisotopic (exact) mass is 272 g/mol. The van der Waals surface area contributed by atoms with Crippen molar-refractivity contribution in [3.8, 4) is 0 Å². The second kappa shape index (κ2) is 4.79. The van der Waals surface area contributed by atoms with Crippen molar-refractivity contribution in [2.75, 3.05) is 12.4 Å². The molecule has 1 saturated carbocycles. The molecule has 102 valence electrons. The Hall–Kier alpha value is -2.25. The van der Waals surface area contributed by atoms with Gasteiger partial charge in [0.05, 0.1) is 12.0 Å². The van der Waals surface area contributed by atoms with E-state index in [1.807, 2.05) is 0 Å². The molecular formula is C11H10F2N2O4. The van der Waals surface area contributed by atoms with Gasteiger partial charge in [-0.2, -0.15) is 0 Å². The smallest absolute Gasteiger partial charge is 0.341 e. The van der Waals surface area contributed by atoms with E-state index in [4.69, 9.17) is 0 Å². The summed E-state index contributed by atoms with van der Waals surface area (Å²) in [4.78, 5) is 21.2. The number of nitro groups is 1. The molecule has 0 aliphatic heterocycles. The van der Waals surface area contributed by atoms with E-state index in [9.17, 15) is 23.7 Å². The summed E-state index contributed by atoms with van der Waals surface area (Å²) < 4.78 is 31.7. The van der Waals surface area contributed by atoms with E-state index in [1.165, 1.54) is 0 Å². The summed E-state index contributed by atoms with van der Waals surface area (Å²) >= 11 is 0. The van der Waals surface area contributed by atoms with Crippen LogP contribution in [0.15, 0.2) is 6.07 Å². The molecule has 0 saturated heterocycles. The van der Waals surface area contributed by atoms with Crippen LogP contribution >= 0.6 is 0 Å². The Labute approximate surface area is 106 Å². The third-order valence-corrected chi connectivity index (χ3v) is 2.71. The van der Waals surface area contributed by atoms with E-state index in [1.54, 1.807) is 0 Å². The summed E-state index contributed by atoms with van der Waals surface area (Å²) in [5, 5.41) is 13.4. The third-order valence-electron chi connectivity index (χ3n) is 2.71. The number of hydrogen-bond donors (Lipinski definition) is 1. The lowest BCUT2D eigenvalue weighted by Crippen LogP contribution is -2.12. The Morgan fingerprint density at radius 1 is 1.47 bits per heavy atom. The third kappa shape index (κ3) is 2.47. The molecule has 0 radical (unpaired) electrons. The number of nitro benzene ring substituents is 1. The number of rotatable bonds is 4. The van der Waals surface area contributed by atoms with E-state index in [-0.39, 0.29) is 6.04 Å². The Kier molecular flexibility index (Phi) is 3.32. The summed E-state index contributed by atoms with van der Waals surface area (Å²) in [6, 6.07) is 0.575. The van der Waals surface area contributed by atoms with Gasteiger partial charge < -0.3 is 10.1 Å². The zero-order chi connectivity index (χ0) is 14.2. The zero-order valence-corrected chi connectivity index (χ0v) is 9.91. The van der Waals surface area contributed by atoms with Gasteiger partial charge in [-0.1, -0.05) is 0 Å². The molecule has 0 spiro atoms. The Balaban J connectivity index is 2.56. The summed E-state index contributed by atoms with van der Waals surface area (Å²) in [5.74, 6) is -4.07. The fourth-order valence-electron chi connectivity index (χ4n) is 1.58. The largest absolute Gasteiger partial charge is 0.465 e. The topological polar surface area (TPSA) is 81.5 Å². The van der Waals surface area contributed by atoms with Crippen LogP contribution in [0.2, 0.25) is 0 Å². The Bertz CT molecular complexity index is 558. The van der Waals surface area contributed by atoms with Crippen molar-refractivity contribution in [1.29, 1.82) is 0 Å². The minimum Gasteiger partial charge on any atom is -0.465 e. The summed E-state index contributed by atoms with van der Waals surface area (Å²) in [5.41, 5.74) is -2.02. The molecule has 1 aromatic rings. The predicted octanol–water partition coefficient (Wildman–Crippen LogP) is 2.23. The highest BCUT2D eigenvalue weighted by Gasteiger charge is 2.32. The highest BCUT2D eigenvalue weighted by molar-refractivity contribution is 5.91. The molecule has 0 unspecified atom stereocenters. The molecule has 0 heterocycles. The van der Waals surface area contributed by atoms with Gasteiger partial charge in [0, 0.05) is 12.1 Å². The molecular weight excluding hydrogens is 262 g/mol. The number of esters is 1. The molecule has 6 nitrogen and oxygen atoms in total. The van der Waals surface area contributed by atoms with Crippen molar-refractivity contribution in [2.45, 2.75) is 18.9 Å². The average molecular weight is 272 g/mol. The molecule has 1 aliphatic carbocycles. The van der Waals surface area contributed by atoms with Crippen molar-refractivity contribution in [3.63, 3.8) is 0 Å². The van der Waals surface area contributed by atoms with Crippen molar-refractivity contribution in [3.05, 3.63) is 33.4 Å². The minimum atomic E-state index is -1.46. The standard InChI is InChI=1S/C11H10F2N2O4/c1-19-11(16)6-4-7(15(17)18)10(9(13)8(6)12)14-5-2-3-5/h4-5,14H,2-3H2,1H3. The first-order chi connectivity index (χ1) is 8.95. The van der Waals surface area contributed by atoms with Gasteiger partial charge >= 0.3 is 5.97 Å². The van der Waals surface area contributed by atoms with Crippen molar-refractivity contribution < 1.29 is 23.2 Å². The van der Waals surface area contributed by atoms with Crippen molar-refractivity contribution >= 4 is 17.3 Å². The SMILES string of the molecule is COC(=O)c1cc([N+](=O)[O-])c(NC2CC2)c(F)c1F. The van der Waals surface area contributed by atoms with Crippen molar-refractivity contribution in [1.82, 2.24) is 0 Å². The van der Waals surface area contributed by atoms with Crippen LogP contribution in [0.25, 0.3) is 0 Å². The van der Waals surface area contributed by atoms with Gasteiger partial charge in [0.25, 0.3) is 5.69 Å². The van der Waals surface area contributed by atoms with Crippen LogP contribution in [0.5, 0.6) is 0 Å². The van der Waals surface area contributed by atoms with E-state index < -0.39 is 39.5 Å². The molecule has 8 heteroatoms. The maximum Gasteiger partial charge on any atom is 0.341 e. The second-order valence-corrected chi connectivity index (χ2v) is 4.11. The summed E-state index contributed by atoms with van der Waals surface area (Å²) in [7, 11) is 0.974. The highest BCUT2D eigenvalue weighted by atomic mass is 19.2. The second-order valence-electron chi connectivity index (χ2n) is 4.11. The molecule has 0 aromatic heterocycles. The lowest BCUT2D eigenvalue weighted by Gasteiger charge is -2.10. The maximum absolute atomic E-state index is 13.8. The van der Waals surface area contributed by atoms with Gasteiger partial charge in [0.15, 0.2) is 17.3 Å². The van der Waals surface area contributed by atoms with E-state index >= 15 is 0 Å². The number of nitrogens with one attached hydrogen (secondary N) is 1. The van der Waals surface area contributed by atoms with E-state index in [0.29, 0.717) is 6.07 Å². The lowest BCUT2D eigenvalue weighted by molar-refractivity contribution is -0.384. The van der Waals surface area contributed by atoms with Crippen LogP contribution in [0.1, 0.15) is 23.2 Å². The minimum absolute atomic E-state index is 0.100. The van der Waals surface area contributed by atoms with Gasteiger partial charge in [-0.3, -0.25) is 10.1 Å². The first-order valence-electron chi connectivity index (χ1n) is 5.47. The quantitative estimate of drug-likeness (QED) is 0.516. The maximum atomic E-state index is 13.8. The van der Waals surface area contributed by atoms with Crippen molar-refractivity contribution in [2.24, 2.45) is 0 Å².